The van der Waals surface area contributed by atoms with Crippen LogP contribution in [-0.4, -0.2) is 39.0 Å². The monoisotopic (exact) mass is 401 g/mol. The molecule has 0 aliphatic carbocycles. The summed E-state index contributed by atoms with van der Waals surface area (Å²) in [4.78, 5) is 23.5. The van der Waals surface area contributed by atoms with Crippen LogP contribution >= 0.6 is 11.8 Å². The number of hydrogen-bond donors (Lipinski definition) is 2. The van der Waals surface area contributed by atoms with Crippen LogP contribution in [0.1, 0.15) is 33.3 Å². The Hall–Kier alpha value is -2.61. The van der Waals surface area contributed by atoms with Crippen LogP contribution in [0.5, 0.6) is 0 Å². The number of hydrogen-bond acceptors (Lipinski definition) is 5. The SMILES string of the molecule is C=CCn1c(S[C@@H](C)C(=O)NC(=O)NC)nnc1-c1ccc(C(C)(C)C)cc1. The smallest absolute Gasteiger partial charge is 0.321 e. The summed E-state index contributed by atoms with van der Waals surface area (Å²) >= 11 is 1.24. The van der Waals surface area contributed by atoms with Crippen LogP contribution in [0.4, 0.5) is 4.79 Å². The molecule has 3 amide bonds. The molecule has 0 saturated carbocycles. The van der Waals surface area contributed by atoms with Gasteiger partial charge in [0.25, 0.3) is 0 Å². The third kappa shape index (κ3) is 5.22. The standard InChI is InChI=1S/C20H27N5O2S/c1-7-12-25-16(14-8-10-15(11-9-14)20(3,4)5)23-24-19(25)28-13(2)17(26)22-18(27)21-6/h7-11,13H,1,12H2,2-6H3,(H2,21,22,26,27)/t13-/m0/s1. The van der Waals surface area contributed by atoms with Crippen molar-refractivity contribution in [2.75, 3.05) is 7.05 Å². The second-order valence-electron chi connectivity index (χ2n) is 7.36. The van der Waals surface area contributed by atoms with Crippen molar-refractivity contribution in [2.24, 2.45) is 0 Å². The van der Waals surface area contributed by atoms with Gasteiger partial charge >= 0.3 is 6.03 Å². The molecule has 2 rings (SSSR count). The van der Waals surface area contributed by atoms with Crippen molar-refractivity contribution in [1.82, 2.24) is 25.4 Å². The normalized spacial score (nSPS) is 12.3. The molecule has 150 valence electrons. The van der Waals surface area contributed by atoms with E-state index in [-0.39, 0.29) is 5.41 Å². The van der Waals surface area contributed by atoms with Gasteiger partial charge in [0.15, 0.2) is 11.0 Å². The van der Waals surface area contributed by atoms with Crippen LogP contribution in [0, 0.1) is 0 Å². The molecule has 0 saturated heterocycles. The molecule has 0 bridgehead atoms. The summed E-state index contributed by atoms with van der Waals surface area (Å²) in [5, 5.41) is 13.3. The lowest BCUT2D eigenvalue weighted by molar-refractivity contribution is -0.119. The van der Waals surface area contributed by atoms with Crippen molar-refractivity contribution in [3.05, 3.63) is 42.5 Å². The summed E-state index contributed by atoms with van der Waals surface area (Å²) in [5.74, 6) is 0.315. The Morgan fingerprint density at radius 3 is 2.43 bits per heavy atom. The number of benzene rings is 1. The molecule has 8 heteroatoms. The van der Waals surface area contributed by atoms with E-state index in [1.165, 1.54) is 24.4 Å². The number of urea groups is 1. The van der Waals surface area contributed by atoms with Crippen molar-refractivity contribution in [3.63, 3.8) is 0 Å². The van der Waals surface area contributed by atoms with E-state index in [0.29, 0.717) is 17.5 Å². The Morgan fingerprint density at radius 2 is 1.89 bits per heavy atom. The predicted octanol–water partition coefficient (Wildman–Crippen LogP) is 3.36. The fourth-order valence-electron chi connectivity index (χ4n) is 2.49. The van der Waals surface area contributed by atoms with Crippen LogP contribution in [0.2, 0.25) is 0 Å². The Bertz CT molecular complexity index is 852. The van der Waals surface area contributed by atoms with Crippen molar-refractivity contribution in [1.29, 1.82) is 0 Å². The average molecular weight is 402 g/mol. The molecule has 0 spiro atoms. The van der Waals surface area contributed by atoms with Crippen LogP contribution < -0.4 is 10.6 Å². The van der Waals surface area contributed by atoms with E-state index in [1.807, 2.05) is 16.7 Å². The lowest BCUT2D eigenvalue weighted by Crippen LogP contribution is -2.41. The van der Waals surface area contributed by atoms with E-state index >= 15 is 0 Å². The maximum absolute atomic E-state index is 12.1. The highest BCUT2D eigenvalue weighted by Gasteiger charge is 2.22. The Labute approximate surface area is 170 Å². The molecule has 7 nitrogen and oxygen atoms in total. The molecule has 1 heterocycles. The minimum Gasteiger partial charge on any atom is -0.341 e. The first kappa shape index (κ1) is 21.7. The van der Waals surface area contributed by atoms with E-state index in [9.17, 15) is 9.59 Å². The van der Waals surface area contributed by atoms with Crippen LogP contribution in [0.3, 0.4) is 0 Å². The highest BCUT2D eigenvalue weighted by Crippen LogP contribution is 2.29. The largest absolute Gasteiger partial charge is 0.341 e. The van der Waals surface area contributed by atoms with Gasteiger partial charge in [-0.2, -0.15) is 0 Å². The van der Waals surface area contributed by atoms with Crippen LogP contribution in [0.25, 0.3) is 11.4 Å². The van der Waals surface area contributed by atoms with Crippen molar-refractivity contribution in [2.45, 2.75) is 50.1 Å². The van der Waals surface area contributed by atoms with Crippen LogP contribution in [0.15, 0.2) is 42.1 Å². The average Bonchev–Trinajstić information content (AvgIpc) is 3.03. The zero-order valence-corrected chi connectivity index (χ0v) is 17.8. The molecule has 1 aromatic heterocycles. The van der Waals surface area contributed by atoms with Crippen LogP contribution in [-0.2, 0) is 16.8 Å². The topological polar surface area (TPSA) is 88.9 Å². The minimum atomic E-state index is -0.537. The molecule has 0 aliphatic heterocycles. The zero-order valence-electron chi connectivity index (χ0n) is 16.9. The fourth-order valence-corrected chi connectivity index (χ4v) is 3.35. The molecule has 1 atom stereocenters. The van der Waals surface area contributed by atoms with Gasteiger partial charge in [-0.15, -0.1) is 16.8 Å². The summed E-state index contributed by atoms with van der Waals surface area (Å²) in [5.41, 5.74) is 2.25. The van der Waals surface area contributed by atoms with Gasteiger partial charge in [0.2, 0.25) is 5.91 Å². The van der Waals surface area contributed by atoms with Gasteiger partial charge in [-0.3, -0.25) is 14.7 Å². The second-order valence-corrected chi connectivity index (χ2v) is 8.67. The second kappa shape index (κ2) is 9.05. The van der Waals surface area contributed by atoms with Gasteiger partial charge in [-0.1, -0.05) is 62.9 Å². The van der Waals surface area contributed by atoms with E-state index in [4.69, 9.17) is 0 Å². The molecule has 0 aliphatic rings. The number of carbonyl (C=O) groups excluding carboxylic acids is 2. The van der Waals surface area contributed by atoms with E-state index in [0.717, 1.165) is 5.56 Å². The number of imide groups is 1. The molecular formula is C20H27N5O2S. The minimum absolute atomic E-state index is 0.0713. The summed E-state index contributed by atoms with van der Waals surface area (Å²) in [6.07, 6.45) is 1.76. The van der Waals surface area contributed by atoms with Crippen molar-refractivity contribution in [3.8, 4) is 11.4 Å². The Balaban J connectivity index is 2.27. The quantitative estimate of drug-likeness (QED) is 0.572. The number of rotatable bonds is 6. The number of aromatic nitrogens is 3. The van der Waals surface area contributed by atoms with Gasteiger partial charge < -0.3 is 5.32 Å². The van der Waals surface area contributed by atoms with E-state index < -0.39 is 17.2 Å². The van der Waals surface area contributed by atoms with Crippen molar-refractivity contribution >= 4 is 23.7 Å². The first-order valence-electron chi connectivity index (χ1n) is 9.01. The number of nitrogens with zero attached hydrogens (tertiary/aromatic N) is 3. The third-order valence-corrected chi connectivity index (χ3v) is 5.23. The van der Waals surface area contributed by atoms with Gasteiger partial charge in [-0.25, -0.2) is 4.79 Å². The first-order valence-corrected chi connectivity index (χ1v) is 9.89. The number of thioether (sulfide) groups is 1. The number of nitrogens with one attached hydrogen (secondary N) is 2. The molecular weight excluding hydrogens is 374 g/mol. The maximum Gasteiger partial charge on any atom is 0.321 e. The van der Waals surface area contributed by atoms with Gasteiger partial charge in [-0.05, 0) is 17.9 Å². The fraction of sp³-hybridized carbons (Fsp3) is 0.400. The lowest BCUT2D eigenvalue weighted by Gasteiger charge is -2.19. The lowest BCUT2D eigenvalue weighted by atomic mass is 9.87. The van der Waals surface area contributed by atoms with Gasteiger partial charge in [0.05, 0.1) is 5.25 Å². The molecule has 1 aromatic carbocycles. The zero-order chi connectivity index (χ0) is 20.9. The maximum atomic E-state index is 12.1. The van der Waals surface area contributed by atoms with Gasteiger partial charge in [0, 0.05) is 19.2 Å². The summed E-state index contributed by atoms with van der Waals surface area (Å²) in [6, 6.07) is 7.70. The molecule has 2 aromatic rings. The molecule has 2 N–H and O–H groups in total. The van der Waals surface area contributed by atoms with E-state index in [2.05, 4.69) is 60.3 Å². The molecule has 0 unspecified atom stereocenters. The molecule has 0 fully saturated rings. The number of amides is 3. The first-order chi connectivity index (χ1) is 13.2. The molecule has 28 heavy (non-hydrogen) atoms. The summed E-state index contributed by atoms with van der Waals surface area (Å²) in [7, 11) is 1.46. The number of carbonyl (C=O) groups is 2. The highest BCUT2D eigenvalue weighted by molar-refractivity contribution is 8.00. The van der Waals surface area contributed by atoms with E-state index in [1.54, 1.807) is 13.0 Å². The summed E-state index contributed by atoms with van der Waals surface area (Å²) in [6.45, 7) is 12.5. The van der Waals surface area contributed by atoms with Gasteiger partial charge in [0.1, 0.15) is 0 Å². The summed E-state index contributed by atoms with van der Waals surface area (Å²) < 4.78 is 1.91. The Kier molecular flexibility index (Phi) is 7.01. The predicted molar refractivity (Wildman–Crippen MR) is 112 cm³/mol. The number of allylic oxidation sites excluding steroid dienone is 1. The molecule has 0 radical (unpaired) electrons. The van der Waals surface area contributed by atoms with Crippen molar-refractivity contribution < 1.29 is 9.59 Å². The Morgan fingerprint density at radius 1 is 1.25 bits per heavy atom. The third-order valence-electron chi connectivity index (χ3n) is 4.15. The highest BCUT2D eigenvalue weighted by atomic mass is 32.2.